The van der Waals surface area contributed by atoms with Crippen LogP contribution in [0.25, 0.3) is 16.8 Å². The molecule has 0 fully saturated rings. The van der Waals surface area contributed by atoms with Crippen molar-refractivity contribution in [3.05, 3.63) is 70.7 Å². The zero-order valence-electron chi connectivity index (χ0n) is 14.9. The predicted molar refractivity (Wildman–Crippen MR) is 108 cm³/mol. The molecule has 0 bridgehead atoms. The summed E-state index contributed by atoms with van der Waals surface area (Å²) in [6, 6.07) is 16.9. The summed E-state index contributed by atoms with van der Waals surface area (Å²) in [5.74, 6) is 0.746. The van der Waals surface area contributed by atoms with Gasteiger partial charge in [0.2, 0.25) is 0 Å². The molecular weight excluding hydrogens is 358 g/mol. The maximum absolute atomic E-state index is 11.5. The van der Waals surface area contributed by atoms with E-state index in [-0.39, 0.29) is 5.78 Å². The van der Waals surface area contributed by atoms with E-state index in [2.05, 4.69) is 16.4 Å². The summed E-state index contributed by atoms with van der Waals surface area (Å²) in [5.41, 5.74) is 3.48. The van der Waals surface area contributed by atoms with Crippen molar-refractivity contribution < 1.29 is 9.53 Å². The minimum Gasteiger partial charge on any atom is -0.497 e. The van der Waals surface area contributed by atoms with E-state index in [1.54, 1.807) is 31.5 Å². The molecule has 3 aromatic rings. The average molecular weight is 375 g/mol. The molecule has 27 heavy (non-hydrogen) atoms. The van der Waals surface area contributed by atoms with Gasteiger partial charge < -0.3 is 10.1 Å². The molecule has 3 rings (SSSR count). The fourth-order valence-electron chi connectivity index (χ4n) is 2.44. The van der Waals surface area contributed by atoms with E-state index in [4.69, 9.17) is 4.74 Å². The van der Waals surface area contributed by atoms with Gasteiger partial charge in [-0.15, -0.1) is 11.3 Å². The van der Waals surface area contributed by atoms with Gasteiger partial charge >= 0.3 is 0 Å². The summed E-state index contributed by atoms with van der Waals surface area (Å²) in [5, 5.41) is 15.1. The van der Waals surface area contributed by atoms with Gasteiger partial charge in [0.05, 0.1) is 12.8 Å². The van der Waals surface area contributed by atoms with Gasteiger partial charge in [0.25, 0.3) is 0 Å². The zero-order chi connectivity index (χ0) is 19.2. The number of thiazole rings is 1. The lowest BCUT2D eigenvalue weighted by atomic mass is 10.1. The van der Waals surface area contributed by atoms with Crippen LogP contribution < -0.4 is 10.1 Å². The number of ether oxygens (including phenoxy) is 1. The molecular formula is C21H17N3O2S. The molecule has 0 saturated carbocycles. The third-order valence-electron chi connectivity index (χ3n) is 3.87. The molecule has 0 aliphatic carbocycles. The Hall–Kier alpha value is -3.43. The van der Waals surface area contributed by atoms with Crippen molar-refractivity contribution in [1.29, 1.82) is 5.26 Å². The van der Waals surface area contributed by atoms with Crippen LogP contribution in [0.2, 0.25) is 0 Å². The summed E-state index contributed by atoms with van der Waals surface area (Å²) >= 11 is 1.40. The molecule has 0 unspecified atom stereocenters. The molecule has 134 valence electrons. The number of Topliss-reactive ketones (excluding diaryl/α,β-unsaturated/α-hetero) is 1. The second-order valence-corrected chi connectivity index (χ2v) is 6.58. The fraction of sp³-hybridized carbons (Fsp3) is 0.0952. The van der Waals surface area contributed by atoms with E-state index < -0.39 is 0 Å². The van der Waals surface area contributed by atoms with Gasteiger partial charge in [-0.2, -0.15) is 5.26 Å². The summed E-state index contributed by atoms with van der Waals surface area (Å²) in [6.45, 7) is 1.52. The van der Waals surface area contributed by atoms with Crippen molar-refractivity contribution >= 4 is 28.4 Å². The van der Waals surface area contributed by atoms with E-state index >= 15 is 0 Å². The molecule has 5 nitrogen and oxygen atoms in total. The number of methoxy groups -OCH3 is 1. The lowest BCUT2D eigenvalue weighted by molar-refractivity contribution is 0.101. The van der Waals surface area contributed by atoms with Crippen LogP contribution in [0.3, 0.4) is 0 Å². The highest BCUT2D eigenvalue weighted by Crippen LogP contribution is 2.28. The second kappa shape index (κ2) is 8.30. The van der Waals surface area contributed by atoms with E-state index in [0.717, 1.165) is 22.7 Å². The minimum absolute atomic E-state index is 0.00834. The minimum atomic E-state index is -0.00834. The van der Waals surface area contributed by atoms with Crippen molar-refractivity contribution in [2.75, 3.05) is 12.4 Å². The number of anilines is 1. The number of hydrogen-bond acceptors (Lipinski definition) is 6. The Labute approximate surface area is 161 Å². The maximum Gasteiger partial charge on any atom is 0.159 e. The molecule has 0 saturated heterocycles. The van der Waals surface area contributed by atoms with Gasteiger partial charge in [-0.1, -0.05) is 24.3 Å². The number of carbonyl (C=O) groups is 1. The van der Waals surface area contributed by atoms with Crippen molar-refractivity contribution in [3.63, 3.8) is 0 Å². The number of hydrogen-bond donors (Lipinski definition) is 1. The van der Waals surface area contributed by atoms with Gasteiger partial charge in [-0.3, -0.25) is 4.79 Å². The molecule has 1 aromatic heterocycles. The number of benzene rings is 2. The Morgan fingerprint density at radius 1 is 1.26 bits per heavy atom. The van der Waals surface area contributed by atoms with Crippen molar-refractivity contribution in [2.45, 2.75) is 6.92 Å². The highest BCUT2D eigenvalue weighted by Gasteiger charge is 2.10. The van der Waals surface area contributed by atoms with Crippen LogP contribution in [0.15, 0.2) is 60.1 Å². The van der Waals surface area contributed by atoms with Crippen molar-refractivity contribution in [2.24, 2.45) is 0 Å². The topological polar surface area (TPSA) is 75.0 Å². The zero-order valence-corrected chi connectivity index (χ0v) is 15.7. The van der Waals surface area contributed by atoms with Crippen LogP contribution in [0.5, 0.6) is 5.75 Å². The fourth-order valence-corrected chi connectivity index (χ4v) is 3.23. The van der Waals surface area contributed by atoms with Crippen LogP contribution in [-0.2, 0) is 0 Å². The third-order valence-corrected chi connectivity index (χ3v) is 4.75. The number of allylic oxidation sites excluding steroid dienone is 1. The Kier molecular flexibility index (Phi) is 5.64. The Morgan fingerprint density at radius 2 is 2.07 bits per heavy atom. The van der Waals surface area contributed by atoms with Crippen molar-refractivity contribution in [3.8, 4) is 23.1 Å². The van der Waals surface area contributed by atoms with Crippen LogP contribution in [-0.4, -0.2) is 17.9 Å². The molecule has 0 aliphatic heterocycles. The number of carbonyl (C=O) groups excluding carboxylic acids is 1. The Bertz CT molecular complexity index is 1050. The van der Waals surface area contributed by atoms with E-state index in [9.17, 15) is 10.1 Å². The molecule has 0 aliphatic rings. The highest BCUT2D eigenvalue weighted by atomic mass is 32.1. The lowest BCUT2D eigenvalue weighted by Gasteiger charge is -2.03. The van der Waals surface area contributed by atoms with Gasteiger partial charge in [-0.25, -0.2) is 4.98 Å². The number of aromatic nitrogens is 1. The Morgan fingerprint density at radius 3 is 2.81 bits per heavy atom. The first-order valence-corrected chi connectivity index (χ1v) is 9.07. The smallest absolute Gasteiger partial charge is 0.159 e. The number of ketones is 1. The number of rotatable bonds is 6. The standard InChI is InChI=1S/C21H17N3O2S/c1-14(25)15-5-3-7-18(9-15)23-12-17(11-22)21-24-20(13-27-21)16-6-4-8-19(10-16)26-2/h3-10,12-13,23H,1-2H3/b17-12+. The molecule has 6 heteroatoms. The quantitative estimate of drug-likeness (QED) is 0.485. The molecule has 0 atom stereocenters. The van der Waals surface area contributed by atoms with Gasteiger partial charge in [-0.05, 0) is 31.2 Å². The van der Waals surface area contributed by atoms with Crippen LogP contribution >= 0.6 is 11.3 Å². The monoisotopic (exact) mass is 375 g/mol. The van der Waals surface area contributed by atoms with Gasteiger partial charge in [0, 0.05) is 28.4 Å². The van der Waals surface area contributed by atoms with E-state index in [1.165, 1.54) is 18.3 Å². The van der Waals surface area contributed by atoms with Gasteiger partial charge in [0.1, 0.15) is 22.4 Å². The average Bonchev–Trinajstić information content (AvgIpc) is 3.19. The molecule has 0 radical (unpaired) electrons. The van der Waals surface area contributed by atoms with E-state index in [1.807, 2.05) is 35.7 Å². The lowest BCUT2D eigenvalue weighted by Crippen LogP contribution is -1.95. The van der Waals surface area contributed by atoms with Crippen LogP contribution in [0.1, 0.15) is 22.3 Å². The predicted octanol–water partition coefficient (Wildman–Crippen LogP) is 5.00. The van der Waals surface area contributed by atoms with E-state index in [0.29, 0.717) is 16.1 Å². The third kappa shape index (κ3) is 4.40. The number of nitrogens with zero attached hydrogens (tertiary/aromatic N) is 2. The van der Waals surface area contributed by atoms with Crippen LogP contribution in [0.4, 0.5) is 5.69 Å². The van der Waals surface area contributed by atoms with Crippen molar-refractivity contribution in [1.82, 2.24) is 4.98 Å². The first-order chi connectivity index (χ1) is 13.1. The maximum atomic E-state index is 11.5. The first-order valence-electron chi connectivity index (χ1n) is 8.19. The second-order valence-electron chi connectivity index (χ2n) is 5.72. The molecule has 0 spiro atoms. The molecule has 2 aromatic carbocycles. The Balaban J connectivity index is 1.83. The number of nitriles is 1. The summed E-state index contributed by atoms with van der Waals surface area (Å²) in [6.07, 6.45) is 1.60. The first kappa shape index (κ1) is 18.4. The summed E-state index contributed by atoms with van der Waals surface area (Å²) < 4.78 is 5.24. The number of nitrogens with one attached hydrogen (secondary N) is 1. The largest absolute Gasteiger partial charge is 0.497 e. The normalized spacial score (nSPS) is 10.9. The highest BCUT2D eigenvalue weighted by molar-refractivity contribution is 7.11. The molecule has 0 amide bonds. The summed E-state index contributed by atoms with van der Waals surface area (Å²) in [4.78, 5) is 16.0. The summed E-state index contributed by atoms with van der Waals surface area (Å²) in [7, 11) is 1.62. The van der Waals surface area contributed by atoms with Crippen LogP contribution in [0, 0.1) is 11.3 Å². The SMILES string of the molecule is COc1cccc(-c2csc(/C(C#N)=C/Nc3cccc(C(C)=O)c3)n2)c1. The molecule has 1 N–H and O–H groups in total. The van der Waals surface area contributed by atoms with Gasteiger partial charge in [0.15, 0.2) is 5.78 Å². The molecule has 1 heterocycles.